The first-order chi connectivity index (χ1) is 8.79. The molecule has 0 aromatic heterocycles. The summed E-state index contributed by atoms with van der Waals surface area (Å²) in [5.74, 6) is 0.828. The summed E-state index contributed by atoms with van der Waals surface area (Å²) in [6.07, 6.45) is -0.444. The van der Waals surface area contributed by atoms with E-state index in [1.807, 2.05) is 13.0 Å². The molecule has 4 heteroatoms. The largest absolute Gasteiger partial charge is 0.496 e. The smallest absolute Gasteiger partial charge is 0.407 e. The number of benzene rings is 1. The average Bonchev–Trinajstić information content (AvgIpc) is 2.34. The molecule has 1 aromatic rings. The lowest BCUT2D eigenvalue weighted by Gasteiger charge is -2.25. The number of alkyl carbamates (subject to hydrolysis) is 1. The van der Waals surface area contributed by atoms with Crippen LogP contribution in [0.4, 0.5) is 4.79 Å². The van der Waals surface area contributed by atoms with Crippen molar-refractivity contribution in [2.24, 2.45) is 0 Å². The Morgan fingerprint density at radius 1 is 1.26 bits per heavy atom. The number of aryl methyl sites for hydroxylation is 1. The molecular weight excluding hydrogens is 242 g/mol. The van der Waals surface area contributed by atoms with E-state index in [4.69, 9.17) is 4.74 Å². The highest BCUT2D eigenvalue weighted by atomic mass is 16.5. The van der Waals surface area contributed by atoms with Gasteiger partial charge >= 0.3 is 6.09 Å². The fourth-order valence-electron chi connectivity index (χ4n) is 2.02. The Hall–Kier alpha value is -1.71. The second-order valence-corrected chi connectivity index (χ2v) is 5.60. The van der Waals surface area contributed by atoms with Gasteiger partial charge in [0.05, 0.1) is 14.2 Å². The Morgan fingerprint density at radius 2 is 1.89 bits per heavy atom. The van der Waals surface area contributed by atoms with Crippen molar-refractivity contribution >= 4 is 6.09 Å². The number of rotatable bonds is 3. The van der Waals surface area contributed by atoms with Crippen molar-refractivity contribution in [3.05, 3.63) is 28.8 Å². The Labute approximate surface area is 115 Å². The number of carbonyl (C=O) groups excluding carboxylic acids is 1. The summed E-state index contributed by atoms with van der Waals surface area (Å²) in [6, 6.07) is 4.14. The Kier molecular flexibility index (Phi) is 4.81. The molecule has 19 heavy (non-hydrogen) atoms. The minimum Gasteiger partial charge on any atom is -0.496 e. The first-order valence-corrected chi connectivity index (χ1v) is 6.29. The van der Waals surface area contributed by atoms with Crippen LogP contribution in [0.5, 0.6) is 5.75 Å². The van der Waals surface area contributed by atoms with Crippen LogP contribution in [-0.4, -0.2) is 20.3 Å². The van der Waals surface area contributed by atoms with Crippen molar-refractivity contribution < 1.29 is 14.3 Å². The molecule has 0 aliphatic heterocycles. The predicted octanol–water partition coefficient (Wildman–Crippen LogP) is 3.16. The van der Waals surface area contributed by atoms with Crippen molar-refractivity contribution in [2.45, 2.75) is 39.7 Å². The number of nitrogens with one attached hydrogen (secondary N) is 1. The number of hydrogen-bond donors (Lipinski definition) is 1. The summed E-state index contributed by atoms with van der Waals surface area (Å²) < 4.78 is 10.1. The zero-order valence-corrected chi connectivity index (χ0v) is 12.6. The van der Waals surface area contributed by atoms with Gasteiger partial charge in [-0.15, -0.1) is 0 Å². The summed E-state index contributed by atoms with van der Waals surface area (Å²) in [5, 5.41) is 2.69. The van der Waals surface area contributed by atoms with E-state index in [1.165, 1.54) is 7.11 Å². The van der Waals surface area contributed by atoms with Gasteiger partial charge in [-0.2, -0.15) is 0 Å². The average molecular weight is 265 g/mol. The lowest BCUT2D eigenvalue weighted by atomic mass is 9.84. The van der Waals surface area contributed by atoms with Crippen molar-refractivity contribution in [2.75, 3.05) is 14.2 Å². The molecular formula is C15H23NO3. The van der Waals surface area contributed by atoms with E-state index in [0.717, 1.165) is 22.4 Å². The monoisotopic (exact) mass is 265 g/mol. The van der Waals surface area contributed by atoms with E-state index in [1.54, 1.807) is 7.11 Å². The maximum absolute atomic E-state index is 11.2. The first-order valence-electron chi connectivity index (χ1n) is 6.29. The number of methoxy groups -OCH3 is 2. The molecule has 0 fully saturated rings. The lowest BCUT2D eigenvalue weighted by Crippen LogP contribution is -2.23. The van der Waals surface area contributed by atoms with Gasteiger partial charge in [-0.3, -0.25) is 0 Å². The van der Waals surface area contributed by atoms with Gasteiger partial charge in [0.15, 0.2) is 0 Å². The topological polar surface area (TPSA) is 47.6 Å². The molecule has 0 spiro atoms. The summed E-state index contributed by atoms with van der Waals surface area (Å²) in [7, 11) is 3.00. The van der Waals surface area contributed by atoms with E-state index in [9.17, 15) is 4.79 Å². The second kappa shape index (κ2) is 5.95. The molecule has 0 bridgehead atoms. The molecule has 0 aliphatic carbocycles. The van der Waals surface area contributed by atoms with Crippen molar-refractivity contribution in [3.63, 3.8) is 0 Å². The van der Waals surface area contributed by atoms with Gasteiger partial charge in [0.25, 0.3) is 0 Å². The molecule has 0 heterocycles. The second-order valence-electron chi connectivity index (χ2n) is 5.60. The molecule has 1 rings (SSSR count). The van der Waals surface area contributed by atoms with Crippen LogP contribution in [0, 0.1) is 6.92 Å². The summed E-state index contributed by atoms with van der Waals surface area (Å²) in [4.78, 5) is 11.2. The van der Waals surface area contributed by atoms with Gasteiger partial charge in [0, 0.05) is 17.7 Å². The number of amides is 1. The summed E-state index contributed by atoms with van der Waals surface area (Å²) in [5.41, 5.74) is 3.22. The van der Waals surface area contributed by atoms with Crippen LogP contribution in [0.15, 0.2) is 12.1 Å². The maximum Gasteiger partial charge on any atom is 0.407 e. The summed E-state index contributed by atoms with van der Waals surface area (Å²) >= 11 is 0. The highest BCUT2D eigenvalue weighted by Crippen LogP contribution is 2.35. The predicted molar refractivity (Wildman–Crippen MR) is 75.7 cm³/mol. The third kappa shape index (κ3) is 3.88. The fourth-order valence-corrected chi connectivity index (χ4v) is 2.02. The molecule has 1 amide bonds. The minimum absolute atomic E-state index is 0.0165. The molecule has 4 nitrogen and oxygen atoms in total. The van der Waals surface area contributed by atoms with Gasteiger partial charge in [0.2, 0.25) is 0 Å². The van der Waals surface area contributed by atoms with Gasteiger partial charge in [-0.25, -0.2) is 4.79 Å². The molecule has 0 atom stereocenters. The van der Waals surface area contributed by atoms with Gasteiger partial charge < -0.3 is 14.8 Å². The molecule has 0 saturated heterocycles. The highest BCUT2D eigenvalue weighted by molar-refractivity contribution is 5.67. The van der Waals surface area contributed by atoms with Crippen LogP contribution in [0.25, 0.3) is 0 Å². The van der Waals surface area contributed by atoms with Crippen LogP contribution in [-0.2, 0) is 16.7 Å². The third-order valence-electron chi connectivity index (χ3n) is 2.93. The van der Waals surface area contributed by atoms with Crippen LogP contribution < -0.4 is 10.1 Å². The van der Waals surface area contributed by atoms with E-state index < -0.39 is 6.09 Å². The van der Waals surface area contributed by atoms with Gasteiger partial charge in [-0.05, 0) is 12.3 Å². The number of ether oxygens (including phenoxy) is 2. The SMILES string of the molecule is COC(=O)NCc1cc(C)cc(C(C)(C)C)c1OC. The number of hydrogen-bond acceptors (Lipinski definition) is 3. The van der Waals surface area contributed by atoms with E-state index >= 15 is 0 Å². The number of carbonyl (C=O) groups is 1. The minimum atomic E-state index is -0.444. The van der Waals surface area contributed by atoms with Crippen molar-refractivity contribution in [1.82, 2.24) is 5.32 Å². The van der Waals surface area contributed by atoms with E-state index in [-0.39, 0.29) is 5.41 Å². The van der Waals surface area contributed by atoms with Crippen molar-refractivity contribution in [1.29, 1.82) is 0 Å². The Morgan fingerprint density at radius 3 is 2.37 bits per heavy atom. The lowest BCUT2D eigenvalue weighted by molar-refractivity contribution is 0.170. The quantitative estimate of drug-likeness (QED) is 0.913. The first kappa shape index (κ1) is 15.3. The molecule has 0 unspecified atom stereocenters. The van der Waals surface area contributed by atoms with E-state index in [0.29, 0.717) is 6.54 Å². The highest BCUT2D eigenvalue weighted by Gasteiger charge is 2.21. The normalized spacial score (nSPS) is 11.1. The van der Waals surface area contributed by atoms with Gasteiger partial charge in [-0.1, -0.05) is 38.5 Å². The van der Waals surface area contributed by atoms with Crippen LogP contribution in [0.2, 0.25) is 0 Å². The van der Waals surface area contributed by atoms with Crippen LogP contribution in [0.3, 0.4) is 0 Å². The fraction of sp³-hybridized carbons (Fsp3) is 0.533. The molecule has 0 saturated carbocycles. The van der Waals surface area contributed by atoms with Gasteiger partial charge in [0.1, 0.15) is 5.75 Å². The zero-order chi connectivity index (χ0) is 14.6. The van der Waals surface area contributed by atoms with E-state index in [2.05, 4.69) is 36.9 Å². The van der Waals surface area contributed by atoms with Crippen LogP contribution >= 0.6 is 0 Å². The zero-order valence-electron chi connectivity index (χ0n) is 12.6. The third-order valence-corrected chi connectivity index (χ3v) is 2.93. The Balaban J connectivity index is 3.16. The van der Waals surface area contributed by atoms with Crippen molar-refractivity contribution in [3.8, 4) is 5.75 Å². The van der Waals surface area contributed by atoms with Crippen LogP contribution in [0.1, 0.15) is 37.5 Å². The molecule has 0 radical (unpaired) electrons. The Bertz CT molecular complexity index is 461. The molecule has 0 aliphatic rings. The molecule has 106 valence electrons. The molecule has 1 aromatic carbocycles. The standard InChI is InChI=1S/C15H23NO3/c1-10-7-11(9-16-14(17)19-6)13(18-5)12(8-10)15(2,3)4/h7-8H,9H2,1-6H3,(H,16,17). The molecule has 1 N–H and O–H groups in total. The maximum atomic E-state index is 11.2. The summed E-state index contributed by atoms with van der Waals surface area (Å²) in [6.45, 7) is 8.85.